The molecule has 0 aliphatic heterocycles. The van der Waals surface area contributed by atoms with E-state index in [4.69, 9.17) is 9.84 Å². The Kier molecular flexibility index (Phi) is 5.41. The summed E-state index contributed by atoms with van der Waals surface area (Å²) in [5.41, 5.74) is -0.0121. The Bertz CT molecular complexity index is 590. The van der Waals surface area contributed by atoms with E-state index in [0.29, 0.717) is 6.07 Å². The molecule has 0 radical (unpaired) electrons. The molecular formula is C12H8F2NNaO3. The van der Waals surface area contributed by atoms with Gasteiger partial charge in [-0.1, -0.05) is 0 Å². The number of pyridine rings is 1. The Morgan fingerprint density at radius 2 is 1.95 bits per heavy atom. The summed E-state index contributed by atoms with van der Waals surface area (Å²) in [6.07, 6.45) is 1.08. The molecule has 0 amide bonds. The average Bonchev–Trinajstić information content (AvgIpc) is 2.33. The van der Waals surface area contributed by atoms with Gasteiger partial charge in [0.25, 0.3) is 0 Å². The van der Waals surface area contributed by atoms with Crippen LogP contribution in [0.3, 0.4) is 0 Å². The second kappa shape index (κ2) is 6.60. The topological polar surface area (TPSA) is 59.4 Å². The zero-order valence-corrected chi connectivity index (χ0v) is 8.93. The number of carboxylic acids is 1. The maximum absolute atomic E-state index is 13.3. The molecule has 7 heteroatoms. The molecule has 1 heterocycles. The average molecular weight is 275 g/mol. The molecule has 1 aromatic heterocycles. The minimum atomic E-state index is -1.12. The number of benzene rings is 1. The van der Waals surface area contributed by atoms with Crippen LogP contribution in [0.1, 0.15) is 10.4 Å². The number of aromatic nitrogens is 1. The van der Waals surface area contributed by atoms with Crippen molar-refractivity contribution in [3.63, 3.8) is 0 Å². The minimum absolute atomic E-state index is 0. The molecule has 0 atom stereocenters. The Labute approximate surface area is 129 Å². The Morgan fingerprint density at radius 1 is 1.21 bits per heavy atom. The van der Waals surface area contributed by atoms with Gasteiger partial charge in [0.1, 0.15) is 5.82 Å². The van der Waals surface area contributed by atoms with Crippen molar-refractivity contribution < 1.29 is 23.4 Å². The summed E-state index contributed by atoms with van der Waals surface area (Å²) in [5.74, 6) is -2.87. The summed E-state index contributed by atoms with van der Waals surface area (Å²) in [7, 11) is 0. The van der Waals surface area contributed by atoms with Crippen molar-refractivity contribution in [2.45, 2.75) is 0 Å². The van der Waals surface area contributed by atoms with E-state index in [1.807, 2.05) is 0 Å². The molecule has 94 valence electrons. The zero-order valence-electron chi connectivity index (χ0n) is 8.93. The third-order valence-electron chi connectivity index (χ3n) is 2.09. The van der Waals surface area contributed by atoms with Crippen LogP contribution in [0.2, 0.25) is 0 Å². The summed E-state index contributed by atoms with van der Waals surface area (Å²) in [5, 5.41) is 8.66. The fourth-order valence-electron chi connectivity index (χ4n) is 1.24. The van der Waals surface area contributed by atoms with Gasteiger partial charge in [-0.25, -0.2) is 18.6 Å². The number of carbonyl (C=O) groups is 1. The van der Waals surface area contributed by atoms with Crippen molar-refractivity contribution in [1.82, 2.24) is 4.98 Å². The first kappa shape index (κ1) is 15.6. The first-order valence-electron chi connectivity index (χ1n) is 4.88. The van der Waals surface area contributed by atoms with Crippen molar-refractivity contribution in [1.29, 1.82) is 0 Å². The molecule has 0 aliphatic carbocycles. The van der Waals surface area contributed by atoms with Crippen LogP contribution in [0.5, 0.6) is 11.6 Å². The molecule has 19 heavy (non-hydrogen) atoms. The fraction of sp³-hybridized carbons (Fsp3) is 0. The molecule has 2 rings (SSSR count). The molecule has 0 saturated carbocycles. The first-order valence-corrected chi connectivity index (χ1v) is 4.88. The standard InChI is InChI=1S/C12H7F2NO3.Na.H/c13-8-2-3-10(9(14)5-8)18-11-4-1-7(6-15-11)12(16)17;;/h1-6H,(H,16,17);;. The number of halogens is 2. The third-order valence-corrected chi connectivity index (χ3v) is 2.09. The van der Waals surface area contributed by atoms with Crippen LogP contribution in [0.4, 0.5) is 8.78 Å². The van der Waals surface area contributed by atoms with Crippen LogP contribution in [0, 0.1) is 11.6 Å². The van der Waals surface area contributed by atoms with E-state index >= 15 is 0 Å². The van der Waals surface area contributed by atoms with Crippen molar-refractivity contribution in [3.8, 4) is 11.6 Å². The number of hydrogen-bond acceptors (Lipinski definition) is 3. The van der Waals surface area contributed by atoms with Gasteiger partial charge in [0, 0.05) is 18.3 Å². The van der Waals surface area contributed by atoms with E-state index in [0.717, 1.165) is 18.3 Å². The normalized spacial score (nSPS) is 9.58. The maximum atomic E-state index is 13.3. The van der Waals surface area contributed by atoms with Crippen molar-refractivity contribution in [3.05, 3.63) is 53.7 Å². The van der Waals surface area contributed by atoms with Crippen molar-refractivity contribution in [2.24, 2.45) is 0 Å². The predicted octanol–water partition coefficient (Wildman–Crippen LogP) is 2.20. The van der Waals surface area contributed by atoms with Gasteiger partial charge < -0.3 is 9.84 Å². The van der Waals surface area contributed by atoms with Gasteiger partial charge in [-0.3, -0.25) is 0 Å². The van der Waals surface area contributed by atoms with Gasteiger partial charge in [0.15, 0.2) is 11.6 Å². The molecule has 2 aromatic rings. The van der Waals surface area contributed by atoms with E-state index in [1.165, 1.54) is 12.1 Å². The molecule has 0 spiro atoms. The van der Waals surface area contributed by atoms with E-state index in [1.54, 1.807) is 0 Å². The first-order chi connectivity index (χ1) is 8.56. The molecule has 1 N–H and O–H groups in total. The number of nitrogens with zero attached hydrogens (tertiary/aromatic N) is 1. The van der Waals surface area contributed by atoms with E-state index < -0.39 is 17.6 Å². The second-order valence-electron chi connectivity index (χ2n) is 3.37. The molecule has 0 saturated heterocycles. The number of carboxylic acid groups (broad SMARTS) is 1. The molecule has 1 aromatic carbocycles. The number of rotatable bonds is 3. The van der Waals surface area contributed by atoms with Gasteiger partial charge in [0.2, 0.25) is 5.88 Å². The monoisotopic (exact) mass is 275 g/mol. The fourth-order valence-corrected chi connectivity index (χ4v) is 1.24. The van der Waals surface area contributed by atoms with Crippen LogP contribution < -0.4 is 4.74 Å². The molecule has 0 aliphatic rings. The van der Waals surface area contributed by atoms with Gasteiger partial charge in [-0.15, -0.1) is 0 Å². The molecule has 0 unspecified atom stereocenters. The molecule has 0 bridgehead atoms. The second-order valence-corrected chi connectivity index (χ2v) is 3.37. The van der Waals surface area contributed by atoms with Gasteiger partial charge in [-0.05, 0) is 18.2 Å². The summed E-state index contributed by atoms with van der Waals surface area (Å²) in [6, 6.07) is 5.40. The number of hydrogen-bond donors (Lipinski definition) is 1. The Morgan fingerprint density at radius 3 is 2.47 bits per heavy atom. The molecule has 4 nitrogen and oxygen atoms in total. The van der Waals surface area contributed by atoms with Crippen LogP contribution in [0.25, 0.3) is 0 Å². The Balaban J connectivity index is 0.00000180. The molecular weight excluding hydrogens is 267 g/mol. The number of aromatic carboxylic acids is 1. The van der Waals surface area contributed by atoms with Crippen LogP contribution in [0.15, 0.2) is 36.5 Å². The summed E-state index contributed by atoms with van der Waals surface area (Å²) >= 11 is 0. The summed E-state index contributed by atoms with van der Waals surface area (Å²) in [6.45, 7) is 0. The third kappa shape index (κ3) is 3.99. The van der Waals surface area contributed by atoms with E-state index in [2.05, 4.69) is 4.98 Å². The quantitative estimate of drug-likeness (QED) is 0.872. The van der Waals surface area contributed by atoms with Crippen LogP contribution in [-0.2, 0) is 0 Å². The summed E-state index contributed by atoms with van der Waals surface area (Å²) in [4.78, 5) is 14.3. The van der Waals surface area contributed by atoms with Crippen LogP contribution >= 0.6 is 0 Å². The predicted molar refractivity (Wildman–Crippen MR) is 64.8 cm³/mol. The van der Waals surface area contributed by atoms with E-state index in [-0.39, 0.29) is 46.8 Å². The summed E-state index contributed by atoms with van der Waals surface area (Å²) < 4.78 is 31.0. The van der Waals surface area contributed by atoms with Crippen molar-refractivity contribution >= 4 is 35.5 Å². The van der Waals surface area contributed by atoms with Crippen molar-refractivity contribution in [2.75, 3.05) is 0 Å². The van der Waals surface area contributed by atoms with Gasteiger partial charge >= 0.3 is 35.5 Å². The Hall–Kier alpha value is -1.50. The van der Waals surface area contributed by atoms with E-state index in [9.17, 15) is 13.6 Å². The van der Waals surface area contributed by atoms with Gasteiger partial charge in [-0.2, -0.15) is 0 Å². The SMILES string of the molecule is O=C(O)c1ccc(Oc2ccc(F)cc2F)nc1.[NaH]. The number of ether oxygens (including phenoxy) is 1. The van der Waals surface area contributed by atoms with Crippen LogP contribution in [-0.4, -0.2) is 45.6 Å². The zero-order chi connectivity index (χ0) is 13.1. The van der Waals surface area contributed by atoms with Gasteiger partial charge in [0.05, 0.1) is 5.56 Å². The molecule has 0 fully saturated rings.